The molecule has 90 valence electrons. The van der Waals surface area contributed by atoms with E-state index in [0.717, 1.165) is 15.6 Å². The smallest absolute Gasteiger partial charge is 0.271 e. The lowest BCUT2D eigenvalue weighted by molar-refractivity contribution is 0.589. The first kappa shape index (κ1) is 13.5. The van der Waals surface area contributed by atoms with E-state index in [4.69, 9.17) is 0 Å². The van der Waals surface area contributed by atoms with Crippen molar-refractivity contribution >= 4 is 31.8 Å². The van der Waals surface area contributed by atoms with E-state index in [1.54, 1.807) is 19.1 Å². The summed E-state index contributed by atoms with van der Waals surface area (Å²) in [6.07, 6.45) is 0. The third-order valence-corrected chi connectivity index (χ3v) is 4.45. The minimum Gasteiger partial charge on any atom is -0.271 e. The fourth-order valence-electron chi connectivity index (χ4n) is 1.39. The van der Waals surface area contributed by atoms with Gasteiger partial charge in [-0.05, 0) is 37.1 Å². The highest BCUT2D eigenvalue weighted by molar-refractivity contribution is 9.10. The van der Waals surface area contributed by atoms with Crippen LogP contribution in [0.5, 0.6) is 0 Å². The van der Waals surface area contributed by atoms with Gasteiger partial charge in [0.2, 0.25) is 0 Å². The molecule has 0 amide bonds. The molecule has 0 aliphatic heterocycles. The van der Waals surface area contributed by atoms with Crippen LogP contribution in [0.25, 0.3) is 0 Å². The van der Waals surface area contributed by atoms with Crippen molar-refractivity contribution in [2.45, 2.75) is 20.8 Å². The second kappa shape index (κ2) is 5.16. The number of halogens is 1. The van der Waals surface area contributed by atoms with Gasteiger partial charge in [-0.1, -0.05) is 22.9 Å². The molecule has 0 aromatic heterocycles. The molecule has 1 aromatic rings. The summed E-state index contributed by atoms with van der Waals surface area (Å²) in [5.74, 6) is 0. The quantitative estimate of drug-likeness (QED) is 0.897. The summed E-state index contributed by atoms with van der Waals surface area (Å²) >= 11 is 3.43. The Hall–Kier alpha value is -0.590. The molecule has 0 aliphatic carbocycles. The number of benzene rings is 1. The standard InChI is InChI=1S/C10H15BrN2O2S/c1-4-12-16(14,15)13-9-5-7(2)10(11)8(3)6-9/h5-6,12-13H,4H2,1-3H3. The predicted molar refractivity (Wildman–Crippen MR) is 69.8 cm³/mol. The Morgan fingerprint density at radius 2 is 1.75 bits per heavy atom. The minimum absolute atomic E-state index is 0.365. The Morgan fingerprint density at radius 1 is 1.25 bits per heavy atom. The van der Waals surface area contributed by atoms with Gasteiger partial charge in [-0.3, -0.25) is 4.72 Å². The SMILES string of the molecule is CCNS(=O)(=O)Nc1cc(C)c(Br)c(C)c1. The fraction of sp³-hybridized carbons (Fsp3) is 0.400. The van der Waals surface area contributed by atoms with Gasteiger partial charge in [0.25, 0.3) is 10.2 Å². The van der Waals surface area contributed by atoms with Gasteiger partial charge in [0, 0.05) is 11.0 Å². The van der Waals surface area contributed by atoms with E-state index >= 15 is 0 Å². The van der Waals surface area contributed by atoms with Gasteiger partial charge in [0.05, 0.1) is 5.69 Å². The first-order chi connectivity index (χ1) is 7.35. The van der Waals surface area contributed by atoms with Crippen molar-refractivity contribution in [2.24, 2.45) is 0 Å². The molecule has 0 atom stereocenters. The number of hydrogen-bond acceptors (Lipinski definition) is 2. The number of nitrogens with one attached hydrogen (secondary N) is 2. The van der Waals surface area contributed by atoms with Crippen molar-refractivity contribution in [3.05, 3.63) is 27.7 Å². The molecule has 0 unspecified atom stereocenters. The molecule has 4 nitrogen and oxygen atoms in total. The lowest BCUT2D eigenvalue weighted by Gasteiger charge is -2.11. The Bertz CT molecular complexity index is 463. The molecule has 0 bridgehead atoms. The normalized spacial score (nSPS) is 11.5. The van der Waals surface area contributed by atoms with Crippen LogP contribution in [0, 0.1) is 13.8 Å². The van der Waals surface area contributed by atoms with Crippen LogP contribution >= 0.6 is 15.9 Å². The summed E-state index contributed by atoms with van der Waals surface area (Å²) in [5.41, 5.74) is 2.56. The zero-order valence-corrected chi connectivity index (χ0v) is 11.9. The number of aryl methyl sites for hydroxylation is 2. The van der Waals surface area contributed by atoms with Gasteiger partial charge in [0.1, 0.15) is 0 Å². The van der Waals surface area contributed by atoms with Crippen LogP contribution in [0.4, 0.5) is 5.69 Å². The maximum atomic E-state index is 11.5. The van der Waals surface area contributed by atoms with E-state index in [-0.39, 0.29) is 0 Å². The van der Waals surface area contributed by atoms with Crippen LogP contribution in [-0.2, 0) is 10.2 Å². The highest BCUT2D eigenvalue weighted by atomic mass is 79.9. The predicted octanol–water partition coefficient (Wildman–Crippen LogP) is 2.33. The third-order valence-electron chi connectivity index (χ3n) is 2.02. The molecule has 2 N–H and O–H groups in total. The maximum absolute atomic E-state index is 11.5. The van der Waals surface area contributed by atoms with Gasteiger partial charge < -0.3 is 0 Å². The van der Waals surface area contributed by atoms with Crippen LogP contribution in [0.3, 0.4) is 0 Å². The Balaban J connectivity index is 2.99. The first-order valence-corrected chi connectivity index (χ1v) is 7.17. The molecule has 0 saturated carbocycles. The summed E-state index contributed by atoms with van der Waals surface area (Å²) in [6.45, 7) is 5.94. The van der Waals surface area contributed by atoms with Crippen molar-refractivity contribution < 1.29 is 8.42 Å². The molecule has 0 saturated heterocycles. The van der Waals surface area contributed by atoms with E-state index in [0.29, 0.717) is 12.2 Å². The summed E-state index contributed by atoms with van der Waals surface area (Å²) in [6, 6.07) is 3.57. The van der Waals surface area contributed by atoms with Crippen LogP contribution in [0.2, 0.25) is 0 Å². The molecule has 1 aromatic carbocycles. The van der Waals surface area contributed by atoms with Gasteiger partial charge in [-0.15, -0.1) is 0 Å². The van der Waals surface area contributed by atoms with Gasteiger partial charge in [0.15, 0.2) is 0 Å². The number of rotatable bonds is 4. The molecule has 1 rings (SSSR count). The number of hydrogen-bond donors (Lipinski definition) is 2. The second-order valence-electron chi connectivity index (χ2n) is 3.53. The molecular weight excluding hydrogens is 292 g/mol. The summed E-state index contributed by atoms with van der Waals surface area (Å²) in [7, 11) is -3.45. The average Bonchev–Trinajstić information content (AvgIpc) is 2.13. The topological polar surface area (TPSA) is 58.2 Å². The zero-order chi connectivity index (χ0) is 12.3. The lowest BCUT2D eigenvalue weighted by Crippen LogP contribution is -2.29. The van der Waals surface area contributed by atoms with E-state index in [9.17, 15) is 8.42 Å². The monoisotopic (exact) mass is 306 g/mol. The highest BCUT2D eigenvalue weighted by Gasteiger charge is 2.09. The van der Waals surface area contributed by atoms with Crippen molar-refractivity contribution in [2.75, 3.05) is 11.3 Å². The summed E-state index contributed by atoms with van der Waals surface area (Å²) < 4.78 is 28.8. The molecule has 16 heavy (non-hydrogen) atoms. The fourth-order valence-corrected chi connectivity index (χ4v) is 2.50. The van der Waals surface area contributed by atoms with E-state index < -0.39 is 10.2 Å². The van der Waals surface area contributed by atoms with Crippen molar-refractivity contribution in [1.82, 2.24) is 4.72 Å². The summed E-state index contributed by atoms with van der Waals surface area (Å²) in [5, 5.41) is 0. The van der Waals surface area contributed by atoms with E-state index in [1.165, 1.54) is 0 Å². The molecule has 6 heteroatoms. The molecule has 0 spiro atoms. The molecule has 0 radical (unpaired) electrons. The largest absolute Gasteiger partial charge is 0.299 e. The molecular formula is C10H15BrN2O2S. The zero-order valence-electron chi connectivity index (χ0n) is 9.46. The van der Waals surface area contributed by atoms with Crippen LogP contribution in [0.15, 0.2) is 16.6 Å². The van der Waals surface area contributed by atoms with Crippen molar-refractivity contribution in [3.8, 4) is 0 Å². The third kappa shape index (κ3) is 3.47. The van der Waals surface area contributed by atoms with Gasteiger partial charge in [-0.25, -0.2) is 0 Å². The first-order valence-electron chi connectivity index (χ1n) is 4.90. The van der Waals surface area contributed by atoms with Gasteiger partial charge in [-0.2, -0.15) is 13.1 Å². The van der Waals surface area contributed by atoms with Crippen molar-refractivity contribution in [1.29, 1.82) is 0 Å². The van der Waals surface area contributed by atoms with Crippen LogP contribution in [0.1, 0.15) is 18.1 Å². The average molecular weight is 307 g/mol. The molecule has 0 heterocycles. The molecule has 0 aliphatic rings. The second-order valence-corrected chi connectivity index (χ2v) is 5.82. The minimum atomic E-state index is -3.45. The lowest BCUT2D eigenvalue weighted by atomic mass is 10.1. The van der Waals surface area contributed by atoms with Crippen molar-refractivity contribution in [3.63, 3.8) is 0 Å². The van der Waals surface area contributed by atoms with E-state index in [1.807, 2.05) is 13.8 Å². The Morgan fingerprint density at radius 3 is 2.19 bits per heavy atom. The van der Waals surface area contributed by atoms with Gasteiger partial charge >= 0.3 is 0 Å². The van der Waals surface area contributed by atoms with Crippen LogP contribution in [-0.4, -0.2) is 15.0 Å². The Labute approximate surface area is 105 Å². The van der Waals surface area contributed by atoms with Crippen LogP contribution < -0.4 is 9.44 Å². The maximum Gasteiger partial charge on any atom is 0.299 e. The molecule has 0 fully saturated rings. The Kier molecular flexibility index (Phi) is 4.35. The highest BCUT2D eigenvalue weighted by Crippen LogP contribution is 2.25. The van der Waals surface area contributed by atoms with E-state index in [2.05, 4.69) is 25.4 Å². The number of anilines is 1. The summed E-state index contributed by atoms with van der Waals surface area (Å²) in [4.78, 5) is 0.